The fourth-order valence-corrected chi connectivity index (χ4v) is 1.52. The topological polar surface area (TPSA) is 87.0 Å². The Morgan fingerprint density at radius 3 is 2.57 bits per heavy atom. The maximum atomic E-state index is 11.2. The van der Waals surface area contributed by atoms with Gasteiger partial charge in [-0.3, -0.25) is 0 Å². The Bertz CT molecular complexity index is 424. The van der Waals surface area contributed by atoms with Crippen LogP contribution in [0.4, 0.5) is 0 Å². The van der Waals surface area contributed by atoms with Gasteiger partial charge in [0.15, 0.2) is 11.5 Å². The summed E-state index contributed by atoms with van der Waals surface area (Å²) in [4.78, 5) is 11.2. The number of fused-ring (bicyclic) bond motifs is 1. The van der Waals surface area contributed by atoms with Crippen molar-refractivity contribution in [3.8, 4) is 17.2 Å². The molecule has 2 rings (SSSR count). The average Bonchev–Trinajstić information content (AvgIpc) is 2.38. The number of phenols is 3. The van der Waals surface area contributed by atoms with Crippen LogP contribution in [-0.4, -0.2) is 21.3 Å². The highest BCUT2D eigenvalue weighted by atomic mass is 16.5. The predicted molar refractivity (Wildman–Crippen MR) is 45.3 cm³/mol. The van der Waals surface area contributed by atoms with Gasteiger partial charge in [-0.25, -0.2) is 4.79 Å². The standard InChI is InChI=1S/C9H8O5/c1-3-6-4(9(13)14-3)2-5(10)7(11)8(6)12/h2-3,10-12H,1H3/t3-/m0/s1. The molecule has 1 aliphatic heterocycles. The summed E-state index contributed by atoms with van der Waals surface area (Å²) in [5, 5.41) is 27.8. The molecule has 14 heavy (non-hydrogen) atoms. The zero-order valence-corrected chi connectivity index (χ0v) is 7.31. The lowest BCUT2D eigenvalue weighted by Crippen LogP contribution is -1.93. The highest BCUT2D eigenvalue weighted by molar-refractivity contribution is 5.96. The molecule has 3 N–H and O–H groups in total. The van der Waals surface area contributed by atoms with Crippen LogP contribution in [0.3, 0.4) is 0 Å². The molecule has 0 unspecified atom stereocenters. The first-order chi connectivity index (χ1) is 6.52. The number of carbonyl (C=O) groups is 1. The summed E-state index contributed by atoms with van der Waals surface area (Å²) in [6.45, 7) is 1.57. The van der Waals surface area contributed by atoms with Crippen molar-refractivity contribution in [2.75, 3.05) is 0 Å². The molecule has 1 atom stereocenters. The average molecular weight is 196 g/mol. The number of benzene rings is 1. The summed E-state index contributed by atoms with van der Waals surface area (Å²) in [6, 6.07) is 1.08. The molecule has 1 heterocycles. The molecule has 1 aromatic rings. The van der Waals surface area contributed by atoms with Gasteiger partial charge in [0.05, 0.1) is 11.1 Å². The van der Waals surface area contributed by atoms with E-state index in [9.17, 15) is 15.0 Å². The van der Waals surface area contributed by atoms with Gasteiger partial charge in [0.2, 0.25) is 5.75 Å². The summed E-state index contributed by atoms with van der Waals surface area (Å²) >= 11 is 0. The molecule has 0 fully saturated rings. The number of esters is 1. The SMILES string of the molecule is C[C@@H]1OC(=O)c2cc(O)c(O)c(O)c21. The van der Waals surface area contributed by atoms with Gasteiger partial charge >= 0.3 is 5.97 Å². The largest absolute Gasteiger partial charge is 0.504 e. The zero-order valence-electron chi connectivity index (χ0n) is 7.31. The van der Waals surface area contributed by atoms with Crippen molar-refractivity contribution in [1.82, 2.24) is 0 Å². The molecule has 0 amide bonds. The van der Waals surface area contributed by atoms with Crippen molar-refractivity contribution < 1.29 is 24.9 Å². The van der Waals surface area contributed by atoms with Crippen LogP contribution in [0.15, 0.2) is 6.07 Å². The Morgan fingerprint density at radius 2 is 1.93 bits per heavy atom. The lowest BCUT2D eigenvalue weighted by atomic mass is 10.0. The van der Waals surface area contributed by atoms with E-state index in [1.54, 1.807) is 6.92 Å². The second-order valence-corrected chi connectivity index (χ2v) is 3.10. The van der Waals surface area contributed by atoms with Gasteiger partial charge in [0, 0.05) is 0 Å². The van der Waals surface area contributed by atoms with Gasteiger partial charge in [-0.1, -0.05) is 0 Å². The van der Waals surface area contributed by atoms with Crippen molar-refractivity contribution in [1.29, 1.82) is 0 Å². The van der Waals surface area contributed by atoms with Crippen molar-refractivity contribution >= 4 is 5.97 Å². The van der Waals surface area contributed by atoms with E-state index in [-0.39, 0.29) is 11.1 Å². The Morgan fingerprint density at radius 1 is 1.29 bits per heavy atom. The molecular weight excluding hydrogens is 188 g/mol. The predicted octanol–water partition coefficient (Wildman–Crippen LogP) is 1.03. The van der Waals surface area contributed by atoms with E-state index in [1.807, 2.05) is 0 Å². The van der Waals surface area contributed by atoms with Crippen LogP contribution < -0.4 is 0 Å². The molecule has 0 saturated heterocycles. The summed E-state index contributed by atoms with van der Waals surface area (Å²) in [5.74, 6) is -2.28. The van der Waals surface area contributed by atoms with Crippen LogP contribution in [-0.2, 0) is 4.74 Å². The summed E-state index contributed by atoms with van der Waals surface area (Å²) < 4.78 is 4.80. The molecule has 74 valence electrons. The van der Waals surface area contributed by atoms with Crippen molar-refractivity contribution in [3.63, 3.8) is 0 Å². The second kappa shape index (κ2) is 2.54. The highest BCUT2D eigenvalue weighted by Gasteiger charge is 2.33. The Kier molecular flexibility index (Phi) is 1.57. The fourth-order valence-electron chi connectivity index (χ4n) is 1.52. The van der Waals surface area contributed by atoms with Crippen LogP contribution in [0.1, 0.15) is 28.9 Å². The van der Waals surface area contributed by atoms with Crippen LogP contribution in [0.2, 0.25) is 0 Å². The Balaban J connectivity index is 2.76. The number of rotatable bonds is 0. The lowest BCUT2D eigenvalue weighted by molar-refractivity contribution is 0.0419. The number of phenolic OH excluding ortho intramolecular Hbond substituents is 3. The molecule has 5 heteroatoms. The summed E-state index contributed by atoms with van der Waals surface area (Å²) in [7, 11) is 0. The Labute approximate surface area is 79.2 Å². The van der Waals surface area contributed by atoms with Crippen molar-refractivity contribution in [2.45, 2.75) is 13.0 Å². The zero-order chi connectivity index (χ0) is 10.5. The molecule has 0 spiro atoms. The minimum Gasteiger partial charge on any atom is -0.504 e. The van der Waals surface area contributed by atoms with Gasteiger partial charge < -0.3 is 20.1 Å². The van der Waals surface area contributed by atoms with E-state index in [0.29, 0.717) is 0 Å². The molecule has 5 nitrogen and oxygen atoms in total. The van der Waals surface area contributed by atoms with E-state index in [1.165, 1.54) is 0 Å². The first-order valence-electron chi connectivity index (χ1n) is 4.01. The summed E-state index contributed by atoms with van der Waals surface area (Å²) in [6.07, 6.45) is -0.607. The van der Waals surface area contributed by atoms with Crippen LogP contribution in [0.25, 0.3) is 0 Å². The van der Waals surface area contributed by atoms with Crippen LogP contribution in [0.5, 0.6) is 17.2 Å². The number of hydrogen-bond acceptors (Lipinski definition) is 5. The first-order valence-corrected chi connectivity index (χ1v) is 4.01. The third-order valence-corrected chi connectivity index (χ3v) is 2.20. The third kappa shape index (κ3) is 0.921. The molecule has 1 aliphatic rings. The minimum atomic E-state index is -0.631. The monoisotopic (exact) mass is 196 g/mol. The quantitative estimate of drug-likeness (QED) is 0.426. The number of ether oxygens (including phenoxy) is 1. The van der Waals surface area contributed by atoms with Crippen molar-refractivity contribution in [2.24, 2.45) is 0 Å². The van der Waals surface area contributed by atoms with Crippen LogP contribution >= 0.6 is 0 Å². The number of cyclic esters (lactones) is 1. The molecule has 0 aromatic heterocycles. The van der Waals surface area contributed by atoms with Gasteiger partial charge in [-0.15, -0.1) is 0 Å². The fraction of sp³-hybridized carbons (Fsp3) is 0.222. The van der Waals surface area contributed by atoms with Gasteiger partial charge in [-0.2, -0.15) is 0 Å². The number of carbonyl (C=O) groups excluding carboxylic acids is 1. The normalized spacial score (nSPS) is 19.2. The molecule has 0 saturated carbocycles. The summed E-state index contributed by atoms with van der Waals surface area (Å²) in [5.41, 5.74) is 0.301. The number of aromatic hydroxyl groups is 3. The van der Waals surface area contributed by atoms with Gasteiger partial charge in [-0.05, 0) is 13.0 Å². The Hall–Kier alpha value is -1.91. The maximum Gasteiger partial charge on any atom is 0.339 e. The number of hydrogen-bond donors (Lipinski definition) is 3. The first kappa shape index (κ1) is 8.68. The smallest absolute Gasteiger partial charge is 0.339 e. The van der Waals surface area contributed by atoms with Gasteiger partial charge in [0.1, 0.15) is 6.10 Å². The van der Waals surface area contributed by atoms with E-state index >= 15 is 0 Å². The molecule has 0 bridgehead atoms. The molecule has 0 aliphatic carbocycles. The highest BCUT2D eigenvalue weighted by Crippen LogP contribution is 2.46. The second-order valence-electron chi connectivity index (χ2n) is 3.10. The van der Waals surface area contributed by atoms with Crippen molar-refractivity contribution in [3.05, 3.63) is 17.2 Å². The molecule has 0 radical (unpaired) electrons. The third-order valence-electron chi connectivity index (χ3n) is 2.20. The van der Waals surface area contributed by atoms with E-state index in [2.05, 4.69) is 0 Å². The van der Waals surface area contributed by atoms with E-state index < -0.39 is 29.3 Å². The molecule has 1 aromatic carbocycles. The van der Waals surface area contributed by atoms with Gasteiger partial charge in [0.25, 0.3) is 0 Å². The lowest BCUT2D eigenvalue weighted by Gasteiger charge is -2.07. The van der Waals surface area contributed by atoms with E-state index in [0.717, 1.165) is 6.07 Å². The van der Waals surface area contributed by atoms with Crippen LogP contribution in [0, 0.1) is 0 Å². The van der Waals surface area contributed by atoms with E-state index in [4.69, 9.17) is 9.84 Å². The minimum absolute atomic E-state index is 0.0882. The molecular formula is C9H8O5. The maximum absolute atomic E-state index is 11.2.